The van der Waals surface area contributed by atoms with Crippen LogP contribution in [0.5, 0.6) is 5.75 Å². The number of carbonyl (C=O) groups excluding carboxylic acids is 1. The van der Waals surface area contributed by atoms with Crippen LogP contribution in [0.15, 0.2) is 48.5 Å². The molecule has 0 saturated carbocycles. The number of hydrogen-bond donors (Lipinski definition) is 0. The summed E-state index contributed by atoms with van der Waals surface area (Å²) in [6.07, 6.45) is 6.63. The fourth-order valence-corrected chi connectivity index (χ4v) is 6.05. The Kier molecular flexibility index (Phi) is 6.94. The lowest BCUT2D eigenvalue weighted by atomic mass is 9.99. The number of nitrogens with zero attached hydrogens (tertiary/aromatic N) is 4. The molecule has 1 amide bonds. The topological polar surface area (TPSA) is 48.9 Å². The summed E-state index contributed by atoms with van der Waals surface area (Å²) in [5.74, 6) is 1.02. The van der Waals surface area contributed by atoms with Crippen LogP contribution in [0, 0.1) is 0 Å². The normalized spacial score (nSPS) is 19.6. The molecule has 3 aliphatic rings. The lowest BCUT2D eigenvalue weighted by molar-refractivity contribution is 0.0627. The standard InChI is InChI=1S/C31H36N4O2/c1-37-25-11-8-23(9-12-25)22-24-10-13-27-29(26-6-2-3-7-28(26)32-30(24)27)31(36)35-20-18-34(19-21-35)17-16-33-14-4-5-15-33/h2-3,6-9,11-12,22H,4-5,10,13-21H2,1H3/b24-22-. The Hall–Kier alpha value is -3.22. The summed E-state index contributed by atoms with van der Waals surface area (Å²) in [7, 11) is 1.68. The highest BCUT2D eigenvalue weighted by molar-refractivity contribution is 6.09. The monoisotopic (exact) mass is 496 g/mol. The number of fused-ring (bicyclic) bond motifs is 2. The molecule has 0 unspecified atom stereocenters. The zero-order chi connectivity index (χ0) is 25.2. The van der Waals surface area contributed by atoms with Crippen LogP contribution in [0.25, 0.3) is 22.6 Å². The highest BCUT2D eigenvalue weighted by Gasteiger charge is 2.30. The van der Waals surface area contributed by atoms with E-state index in [1.165, 1.54) is 31.5 Å². The van der Waals surface area contributed by atoms with E-state index in [0.717, 1.165) is 91.1 Å². The van der Waals surface area contributed by atoms with Gasteiger partial charge in [-0.05, 0) is 79.7 Å². The lowest BCUT2D eigenvalue weighted by Gasteiger charge is -2.36. The number of para-hydroxylation sites is 1. The molecule has 1 aliphatic carbocycles. The van der Waals surface area contributed by atoms with E-state index in [9.17, 15) is 4.79 Å². The number of allylic oxidation sites excluding steroid dienone is 1. The molecule has 0 bridgehead atoms. The maximum absolute atomic E-state index is 14.0. The van der Waals surface area contributed by atoms with Gasteiger partial charge in [-0.3, -0.25) is 9.69 Å². The Morgan fingerprint density at radius 2 is 1.59 bits per heavy atom. The number of ether oxygens (including phenoxy) is 1. The zero-order valence-electron chi connectivity index (χ0n) is 21.8. The fourth-order valence-electron chi connectivity index (χ4n) is 6.05. The summed E-state index contributed by atoms with van der Waals surface area (Å²) < 4.78 is 5.31. The molecule has 0 atom stereocenters. The van der Waals surface area contributed by atoms with Crippen LogP contribution in [-0.4, -0.2) is 85.1 Å². The summed E-state index contributed by atoms with van der Waals surface area (Å²) in [4.78, 5) is 26.2. The number of amides is 1. The van der Waals surface area contributed by atoms with E-state index in [1.54, 1.807) is 7.11 Å². The molecule has 3 heterocycles. The molecule has 0 N–H and O–H groups in total. The number of piperazine rings is 1. The van der Waals surface area contributed by atoms with Gasteiger partial charge in [0.25, 0.3) is 5.91 Å². The molecule has 1 aromatic heterocycles. The second-order valence-corrected chi connectivity index (χ2v) is 10.5. The third-order valence-electron chi connectivity index (χ3n) is 8.20. The first-order chi connectivity index (χ1) is 18.2. The van der Waals surface area contributed by atoms with Crippen LogP contribution in [0.2, 0.25) is 0 Å². The molecule has 3 aromatic rings. The summed E-state index contributed by atoms with van der Waals surface area (Å²) >= 11 is 0. The minimum atomic E-state index is 0.166. The molecular weight excluding hydrogens is 460 g/mol. The van der Waals surface area contributed by atoms with Crippen molar-refractivity contribution in [2.24, 2.45) is 0 Å². The summed E-state index contributed by atoms with van der Waals surface area (Å²) in [5, 5.41) is 0.980. The van der Waals surface area contributed by atoms with E-state index in [0.29, 0.717) is 0 Å². The molecule has 2 saturated heterocycles. The molecule has 192 valence electrons. The van der Waals surface area contributed by atoms with Gasteiger partial charge in [-0.2, -0.15) is 0 Å². The van der Waals surface area contributed by atoms with Crippen LogP contribution in [0.3, 0.4) is 0 Å². The van der Waals surface area contributed by atoms with Crippen molar-refractivity contribution in [3.63, 3.8) is 0 Å². The van der Waals surface area contributed by atoms with Crippen molar-refractivity contribution in [2.45, 2.75) is 25.7 Å². The molecule has 2 aromatic carbocycles. The number of methoxy groups -OCH3 is 1. The largest absolute Gasteiger partial charge is 0.497 e. The Balaban J connectivity index is 1.24. The van der Waals surface area contributed by atoms with Crippen molar-refractivity contribution in [1.82, 2.24) is 19.7 Å². The maximum atomic E-state index is 14.0. The predicted molar refractivity (Wildman–Crippen MR) is 149 cm³/mol. The number of hydrogen-bond acceptors (Lipinski definition) is 5. The summed E-state index contributed by atoms with van der Waals surface area (Å²) in [6.45, 7) is 8.23. The van der Waals surface area contributed by atoms with Crippen LogP contribution in [0.4, 0.5) is 0 Å². The smallest absolute Gasteiger partial charge is 0.254 e. The van der Waals surface area contributed by atoms with Crippen molar-refractivity contribution in [2.75, 3.05) is 59.5 Å². The van der Waals surface area contributed by atoms with Gasteiger partial charge in [0, 0.05) is 44.7 Å². The Bertz CT molecular complexity index is 1300. The van der Waals surface area contributed by atoms with E-state index < -0.39 is 0 Å². The molecule has 2 fully saturated rings. The van der Waals surface area contributed by atoms with Crippen LogP contribution in [-0.2, 0) is 6.42 Å². The van der Waals surface area contributed by atoms with Gasteiger partial charge in [-0.1, -0.05) is 30.3 Å². The average Bonchev–Trinajstić information content (AvgIpc) is 3.61. The van der Waals surface area contributed by atoms with Gasteiger partial charge >= 0.3 is 0 Å². The van der Waals surface area contributed by atoms with Gasteiger partial charge in [-0.15, -0.1) is 0 Å². The molecule has 2 aliphatic heterocycles. The number of aromatic nitrogens is 1. The van der Waals surface area contributed by atoms with Gasteiger partial charge in [0.1, 0.15) is 5.75 Å². The van der Waals surface area contributed by atoms with Crippen molar-refractivity contribution < 1.29 is 9.53 Å². The van der Waals surface area contributed by atoms with Crippen molar-refractivity contribution >= 4 is 28.5 Å². The Morgan fingerprint density at radius 1 is 0.892 bits per heavy atom. The summed E-state index contributed by atoms with van der Waals surface area (Å²) in [5.41, 5.74) is 6.19. The minimum Gasteiger partial charge on any atom is -0.497 e. The van der Waals surface area contributed by atoms with E-state index in [4.69, 9.17) is 9.72 Å². The van der Waals surface area contributed by atoms with Crippen LogP contribution in [0.1, 0.15) is 46.4 Å². The number of rotatable bonds is 6. The first-order valence-corrected chi connectivity index (χ1v) is 13.7. The number of benzene rings is 2. The second-order valence-electron chi connectivity index (χ2n) is 10.5. The Morgan fingerprint density at radius 3 is 2.32 bits per heavy atom. The third kappa shape index (κ3) is 5.00. The lowest BCUT2D eigenvalue weighted by Crippen LogP contribution is -2.50. The van der Waals surface area contributed by atoms with Crippen molar-refractivity contribution in [3.8, 4) is 5.75 Å². The van der Waals surface area contributed by atoms with E-state index in [-0.39, 0.29) is 5.91 Å². The molecular formula is C31H36N4O2. The molecule has 0 spiro atoms. The summed E-state index contributed by atoms with van der Waals surface area (Å²) in [6, 6.07) is 16.2. The molecule has 6 heteroatoms. The van der Waals surface area contributed by atoms with Crippen molar-refractivity contribution in [3.05, 3.63) is 70.9 Å². The van der Waals surface area contributed by atoms with Gasteiger partial charge in [0.2, 0.25) is 0 Å². The van der Waals surface area contributed by atoms with E-state index >= 15 is 0 Å². The van der Waals surface area contributed by atoms with Gasteiger partial charge in [0.05, 0.1) is 23.9 Å². The van der Waals surface area contributed by atoms with Gasteiger partial charge in [-0.25, -0.2) is 4.98 Å². The van der Waals surface area contributed by atoms with Crippen LogP contribution >= 0.6 is 0 Å². The highest BCUT2D eigenvalue weighted by atomic mass is 16.5. The number of pyridine rings is 1. The van der Waals surface area contributed by atoms with Gasteiger partial charge in [0.15, 0.2) is 0 Å². The van der Waals surface area contributed by atoms with E-state index in [2.05, 4.69) is 39.0 Å². The average molecular weight is 497 g/mol. The molecule has 6 rings (SSSR count). The number of likely N-dealkylation sites (tertiary alicyclic amines) is 1. The Labute approximate surface area is 219 Å². The minimum absolute atomic E-state index is 0.166. The fraction of sp³-hybridized carbons (Fsp3) is 0.419. The third-order valence-corrected chi connectivity index (χ3v) is 8.20. The second kappa shape index (κ2) is 10.6. The maximum Gasteiger partial charge on any atom is 0.254 e. The highest BCUT2D eigenvalue weighted by Crippen LogP contribution is 2.38. The van der Waals surface area contributed by atoms with Gasteiger partial charge < -0.3 is 14.5 Å². The molecule has 37 heavy (non-hydrogen) atoms. The first kappa shape index (κ1) is 24.1. The zero-order valence-corrected chi connectivity index (χ0v) is 21.8. The molecule has 0 radical (unpaired) electrons. The predicted octanol–water partition coefficient (Wildman–Crippen LogP) is 4.58. The molecule has 6 nitrogen and oxygen atoms in total. The SMILES string of the molecule is COc1ccc(/C=C2/CCc3c2nc2ccccc2c3C(=O)N2CCN(CCN3CCCC3)CC2)cc1. The number of carbonyl (C=O) groups is 1. The van der Waals surface area contributed by atoms with E-state index in [1.807, 2.05) is 30.3 Å². The first-order valence-electron chi connectivity index (χ1n) is 13.7. The van der Waals surface area contributed by atoms with Crippen LogP contribution < -0.4 is 4.74 Å². The van der Waals surface area contributed by atoms with Crippen molar-refractivity contribution in [1.29, 1.82) is 0 Å². The quantitative estimate of drug-likeness (QED) is 0.500.